The third-order valence-electron chi connectivity index (χ3n) is 6.32. The van der Waals surface area contributed by atoms with Gasteiger partial charge in [-0.2, -0.15) is 0 Å². The van der Waals surface area contributed by atoms with Gasteiger partial charge in [0.1, 0.15) is 0 Å². The first-order valence-electron chi connectivity index (χ1n) is 10.4. The Kier molecular flexibility index (Phi) is 7.59. The minimum atomic E-state index is 0. The van der Waals surface area contributed by atoms with Crippen LogP contribution in [0.1, 0.15) is 52.3 Å². The van der Waals surface area contributed by atoms with E-state index in [-0.39, 0.29) is 12.4 Å². The largest absolute Gasteiger partial charge is 0.343 e. The predicted molar refractivity (Wildman–Crippen MR) is 120 cm³/mol. The molecule has 0 N–H and O–H groups in total. The van der Waals surface area contributed by atoms with Crippen molar-refractivity contribution < 1.29 is 0 Å². The van der Waals surface area contributed by atoms with E-state index >= 15 is 0 Å². The van der Waals surface area contributed by atoms with E-state index < -0.39 is 0 Å². The molecule has 1 atom stereocenters. The van der Waals surface area contributed by atoms with Crippen LogP contribution in [0.25, 0.3) is 11.3 Å². The molecule has 3 rings (SSSR count). The van der Waals surface area contributed by atoms with E-state index in [2.05, 4.69) is 80.5 Å². The zero-order chi connectivity index (χ0) is 18.7. The van der Waals surface area contributed by atoms with Gasteiger partial charge in [0.2, 0.25) is 0 Å². The summed E-state index contributed by atoms with van der Waals surface area (Å²) in [7, 11) is 0. The summed E-state index contributed by atoms with van der Waals surface area (Å²) < 4.78 is 2.63. The van der Waals surface area contributed by atoms with Gasteiger partial charge in [-0.1, -0.05) is 65.0 Å². The average molecular weight is 389 g/mol. The molecule has 1 aromatic carbocycles. The standard InChI is InChI=1S/C24H36N2.ClH/c1-6-25(7-2)15-16-26-22-14-13-21(24(3,4)5)17-20(22)18-23(26)19-11-9-8-10-12-19;/h8-12,18,21H,6-7,13-17H2,1-5H3;1H. The molecule has 27 heavy (non-hydrogen) atoms. The fraction of sp³-hybridized carbons (Fsp3) is 0.583. The molecule has 3 heteroatoms. The Bertz CT molecular complexity index is 708. The summed E-state index contributed by atoms with van der Waals surface area (Å²) in [4.78, 5) is 2.53. The highest BCUT2D eigenvalue weighted by Gasteiger charge is 2.31. The van der Waals surface area contributed by atoms with E-state index in [1.807, 2.05) is 0 Å². The second-order valence-corrected chi connectivity index (χ2v) is 8.85. The molecule has 1 aliphatic rings. The van der Waals surface area contributed by atoms with Gasteiger partial charge in [0, 0.05) is 24.5 Å². The zero-order valence-electron chi connectivity index (χ0n) is 17.8. The highest BCUT2D eigenvalue weighted by Crippen LogP contribution is 2.40. The van der Waals surface area contributed by atoms with Crippen LogP contribution in [-0.2, 0) is 19.4 Å². The smallest absolute Gasteiger partial charge is 0.0485 e. The maximum absolute atomic E-state index is 2.63. The second kappa shape index (κ2) is 9.30. The molecule has 1 unspecified atom stereocenters. The first-order chi connectivity index (χ1) is 12.4. The van der Waals surface area contributed by atoms with Gasteiger partial charge in [0.25, 0.3) is 0 Å². The molecule has 0 amide bonds. The van der Waals surface area contributed by atoms with Crippen molar-refractivity contribution in [1.82, 2.24) is 9.47 Å². The minimum absolute atomic E-state index is 0. The second-order valence-electron chi connectivity index (χ2n) is 8.85. The van der Waals surface area contributed by atoms with Crippen molar-refractivity contribution in [2.75, 3.05) is 19.6 Å². The predicted octanol–water partition coefficient (Wildman–Crippen LogP) is 6.07. The van der Waals surface area contributed by atoms with E-state index in [9.17, 15) is 0 Å². The number of likely N-dealkylation sites (N-methyl/N-ethyl adjacent to an activating group) is 1. The Balaban J connectivity index is 0.00000261. The van der Waals surface area contributed by atoms with E-state index in [0.717, 1.165) is 32.1 Å². The van der Waals surface area contributed by atoms with Crippen molar-refractivity contribution in [1.29, 1.82) is 0 Å². The minimum Gasteiger partial charge on any atom is -0.343 e. The molecule has 2 aromatic rings. The molecule has 0 aliphatic heterocycles. The topological polar surface area (TPSA) is 8.17 Å². The van der Waals surface area contributed by atoms with Crippen LogP contribution in [0.5, 0.6) is 0 Å². The molecule has 0 radical (unpaired) electrons. The van der Waals surface area contributed by atoms with Crippen LogP contribution in [0.3, 0.4) is 0 Å². The van der Waals surface area contributed by atoms with Gasteiger partial charge >= 0.3 is 0 Å². The summed E-state index contributed by atoms with van der Waals surface area (Å²) in [5.41, 5.74) is 6.35. The molecule has 1 aliphatic carbocycles. The normalized spacial score (nSPS) is 16.9. The third-order valence-corrected chi connectivity index (χ3v) is 6.32. The molecule has 150 valence electrons. The number of hydrogen-bond acceptors (Lipinski definition) is 1. The van der Waals surface area contributed by atoms with E-state index in [1.165, 1.54) is 30.5 Å². The fourth-order valence-electron chi connectivity index (χ4n) is 4.42. The van der Waals surface area contributed by atoms with Crippen molar-refractivity contribution in [3.05, 3.63) is 47.7 Å². The monoisotopic (exact) mass is 388 g/mol. The number of fused-ring (bicyclic) bond motifs is 1. The lowest BCUT2D eigenvalue weighted by Crippen LogP contribution is -2.29. The fourth-order valence-corrected chi connectivity index (χ4v) is 4.42. The van der Waals surface area contributed by atoms with Crippen molar-refractivity contribution in [2.45, 2.75) is 60.4 Å². The lowest BCUT2D eigenvalue weighted by molar-refractivity contribution is 0.213. The van der Waals surface area contributed by atoms with Crippen LogP contribution in [-0.4, -0.2) is 29.1 Å². The lowest BCUT2D eigenvalue weighted by atomic mass is 9.72. The molecular formula is C24H37ClN2. The summed E-state index contributed by atoms with van der Waals surface area (Å²) >= 11 is 0. The van der Waals surface area contributed by atoms with Gasteiger partial charge in [-0.25, -0.2) is 0 Å². The van der Waals surface area contributed by atoms with Crippen LogP contribution >= 0.6 is 12.4 Å². The summed E-state index contributed by atoms with van der Waals surface area (Å²) in [5, 5.41) is 0. The Morgan fingerprint density at radius 1 is 1.07 bits per heavy atom. The van der Waals surface area contributed by atoms with Crippen LogP contribution in [0.15, 0.2) is 36.4 Å². The zero-order valence-corrected chi connectivity index (χ0v) is 18.6. The van der Waals surface area contributed by atoms with Gasteiger partial charge in [-0.15, -0.1) is 12.4 Å². The first-order valence-corrected chi connectivity index (χ1v) is 10.4. The van der Waals surface area contributed by atoms with Gasteiger partial charge < -0.3 is 9.47 Å². The summed E-state index contributed by atoms with van der Waals surface area (Å²) in [5.74, 6) is 0.789. The third kappa shape index (κ3) is 4.97. The number of benzene rings is 1. The maximum Gasteiger partial charge on any atom is 0.0485 e. The highest BCUT2D eigenvalue weighted by molar-refractivity contribution is 5.85. The summed E-state index contributed by atoms with van der Waals surface area (Å²) in [6.45, 7) is 16.2. The molecule has 0 saturated carbocycles. The quantitative estimate of drug-likeness (QED) is 0.583. The van der Waals surface area contributed by atoms with E-state index in [4.69, 9.17) is 0 Å². The Morgan fingerprint density at radius 3 is 2.33 bits per heavy atom. The number of rotatable bonds is 6. The molecule has 0 bridgehead atoms. The van der Waals surface area contributed by atoms with Gasteiger partial charge in [0.05, 0.1) is 0 Å². The Hall–Kier alpha value is -1.25. The Morgan fingerprint density at radius 2 is 1.74 bits per heavy atom. The Labute approximate surface area is 172 Å². The summed E-state index contributed by atoms with van der Waals surface area (Å²) in [6, 6.07) is 13.4. The molecule has 0 fully saturated rings. The summed E-state index contributed by atoms with van der Waals surface area (Å²) in [6.07, 6.45) is 3.78. The van der Waals surface area contributed by atoms with E-state index in [1.54, 1.807) is 11.3 Å². The molecular weight excluding hydrogens is 352 g/mol. The number of hydrogen-bond donors (Lipinski definition) is 0. The molecule has 1 aromatic heterocycles. The molecule has 0 spiro atoms. The number of nitrogens with zero attached hydrogens (tertiary/aromatic N) is 2. The lowest BCUT2D eigenvalue weighted by Gasteiger charge is -2.34. The van der Waals surface area contributed by atoms with Crippen LogP contribution < -0.4 is 0 Å². The average Bonchev–Trinajstić information content (AvgIpc) is 3.00. The van der Waals surface area contributed by atoms with Gasteiger partial charge in [-0.05, 0) is 60.9 Å². The van der Waals surface area contributed by atoms with Crippen LogP contribution in [0.4, 0.5) is 0 Å². The van der Waals surface area contributed by atoms with Crippen molar-refractivity contribution in [2.24, 2.45) is 11.3 Å². The van der Waals surface area contributed by atoms with Gasteiger partial charge in [-0.3, -0.25) is 0 Å². The molecule has 2 nitrogen and oxygen atoms in total. The molecule has 1 heterocycles. The van der Waals surface area contributed by atoms with Crippen molar-refractivity contribution in [3.63, 3.8) is 0 Å². The first kappa shape index (κ1) is 22.0. The van der Waals surface area contributed by atoms with Crippen molar-refractivity contribution in [3.8, 4) is 11.3 Å². The molecule has 0 saturated heterocycles. The maximum atomic E-state index is 2.63. The van der Waals surface area contributed by atoms with Gasteiger partial charge in [0.15, 0.2) is 0 Å². The highest BCUT2D eigenvalue weighted by atomic mass is 35.5. The number of halogens is 1. The van der Waals surface area contributed by atoms with E-state index in [0.29, 0.717) is 5.41 Å². The van der Waals surface area contributed by atoms with Crippen molar-refractivity contribution >= 4 is 12.4 Å². The SMILES string of the molecule is CCN(CC)CCn1c(-c2ccccc2)cc2c1CCC(C(C)(C)C)C2.Cl. The van der Waals surface area contributed by atoms with Crippen LogP contribution in [0, 0.1) is 11.3 Å². The van der Waals surface area contributed by atoms with Crippen LogP contribution in [0.2, 0.25) is 0 Å². The number of aromatic nitrogens is 1.